The summed E-state index contributed by atoms with van der Waals surface area (Å²) < 4.78 is 11.0. The van der Waals surface area contributed by atoms with Crippen LogP contribution in [0.25, 0.3) is 0 Å². The van der Waals surface area contributed by atoms with Gasteiger partial charge in [0.05, 0.1) is 7.11 Å². The van der Waals surface area contributed by atoms with Crippen molar-refractivity contribution in [2.24, 2.45) is 0 Å². The second kappa shape index (κ2) is 6.07. The summed E-state index contributed by atoms with van der Waals surface area (Å²) in [7, 11) is 1.62. The molecule has 0 amide bonds. The zero-order valence-electron chi connectivity index (χ0n) is 10.3. The van der Waals surface area contributed by atoms with Crippen LogP contribution in [-0.4, -0.2) is 12.1 Å². The van der Waals surface area contributed by atoms with Crippen molar-refractivity contribution in [3.05, 3.63) is 39.8 Å². The maximum absolute atomic E-state index is 5.81. The summed E-state index contributed by atoms with van der Waals surface area (Å²) in [6, 6.07) is 5.68. The zero-order valence-corrected chi connectivity index (χ0v) is 11.8. The Morgan fingerprint density at radius 1 is 1.33 bits per heavy atom. The lowest BCUT2D eigenvalue weighted by atomic mass is 10.2. The molecule has 3 nitrogen and oxygen atoms in total. The van der Waals surface area contributed by atoms with Gasteiger partial charge in [-0.1, -0.05) is 6.07 Å². The molecule has 18 heavy (non-hydrogen) atoms. The first-order chi connectivity index (χ1) is 8.72. The van der Waals surface area contributed by atoms with Crippen molar-refractivity contribution >= 4 is 22.9 Å². The fourth-order valence-corrected chi connectivity index (χ4v) is 2.37. The van der Waals surface area contributed by atoms with Crippen LogP contribution < -0.4 is 9.47 Å². The van der Waals surface area contributed by atoms with E-state index in [1.54, 1.807) is 18.4 Å². The van der Waals surface area contributed by atoms with Crippen molar-refractivity contribution in [3.63, 3.8) is 0 Å². The average Bonchev–Trinajstić information content (AvgIpc) is 2.81. The molecule has 0 bridgehead atoms. The third-order valence-electron chi connectivity index (χ3n) is 2.40. The first-order valence-corrected chi connectivity index (χ1v) is 6.91. The van der Waals surface area contributed by atoms with Gasteiger partial charge in [0.25, 0.3) is 0 Å². The van der Waals surface area contributed by atoms with Crippen molar-refractivity contribution in [1.82, 2.24) is 4.98 Å². The highest BCUT2D eigenvalue weighted by atomic mass is 35.5. The number of methoxy groups -OCH3 is 1. The number of thiazole rings is 1. The number of aromatic nitrogens is 1. The molecule has 0 unspecified atom stereocenters. The van der Waals surface area contributed by atoms with Crippen LogP contribution in [0.1, 0.15) is 16.3 Å². The van der Waals surface area contributed by atoms with E-state index in [1.807, 2.05) is 30.5 Å². The Bertz CT molecular complexity index is 527. The summed E-state index contributed by atoms with van der Waals surface area (Å²) in [5.41, 5.74) is 2.02. The molecule has 0 N–H and O–H groups in total. The van der Waals surface area contributed by atoms with Gasteiger partial charge in [0.2, 0.25) is 0 Å². The Balaban J connectivity index is 2.11. The van der Waals surface area contributed by atoms with E-state index < -0.39 is 0 Å². The molecular formula is C13H14ClNO2S. The molecule has 5 heteroatoms. The number of halogens is 1. The minimum absolute atomic E-state index is 0.445. The standard InChI is InChI=1S/C13H14ClNO2S/c1-9-8-18-13(15-9)7-17-12-5-10(6-14)3-4-11(12)16-2/h3-5,8H,6-7H2,1-2H3. The van der Waals surface area contributed by atoms with E-state index in [2.05, 4.69) is 4.98 Å². The molecule has 0 fully saturated rings. The normalized spacial score (nSPS) is 10.4. The molecular weight excluding hydrogens is 270 g/mol. The smallest absolute Gasteiger partial charge is 0.162 e. The lowest BCUT2D eigenvalue weighted by Crippen LogP contribution is -1.98. The number of benzene rings is 1. The van der Waals surface area contributed by atoms with Gasteiger partial charge in [0.15, 0.2) is 11.5 Å². The molecule has 0 aliphatic rings. The molecule has 0 saturated heterocycles. The highest BCUT2D eigenvalue weighted by molar-refractivity contribution is 7.09. The third kappa shape index (κ3) is 3.15. The highest BCUT2D eigenvalue weighted by Gasteiger charge is 2.07. The van der Waals surface area contributed by atoms with E-state index >= 15 is 0 Å². The van der Waals surface area contributed by atoms with Crippen molar-refractivity contribution in [1.29, 1.82) is 0 Å². The predicted molar refractivity (Wildman–Crippen MR) is 73.7 cm³/mol. The van der Waals surface area contributed by atoms with Gasteiger partial charge in [-0.25, -0.2) is 4.98 Å². The monoisotopic (exact) mass is 283 g/mol. The largest absolute Gasteiger partial charge is 0.493 e. The zero-order chi connectivity index (χ0) is 13.0. The van der Waals surface area contributed by atoms with Gasteiger partial charge >= 0.3 is 0 Å². The third-order valence-corrected chi connectivity index (χ3v) is 3.65. The number of rotatable bonds is 5. The molecule has 1 aromatic heterocycles. The quantitative estimate of drug-likeness (QED) is 0.783. The molecule has 0 saturated carbocycles. The molecule has 0 aliphatic carbocycles. The van der Waals surface area contributed by atoms with Crippen LogP contribution in [0.4, 0.5) is 0 Å². The summed E-state index contributed by atoms with van der Waals surface area (Å²) in [6.45, 7) is 2.41. The molecule has 2 rings (SSSR count). The first-order valence-electron chi connectivity index (χ1n) is 5.49. The lowest BCUT2D eigenvalue weighted by molar-refractivity contribution is 0.283. The Morgan fingerprint density at radius 2 is 2.17 bits per heavy atom. The SMILES string of the molecule is COc1ccc(CCl)cc1OCc1nc(C)cs1. The van der Waals surface area contributed by atoms with Crippen LogP contribution >= 0.6 is 22.9 Å². The van der Waals surface area contributed by atoms with Crippen molar-refractivity contribution in [2.45, 2.75) is 19.4 Å². The maximum Gasteiger partial charge on any atom is 0.162 e. The number of aryl methyl sites for hydroxylation is 1. The topological polar surface area (TPSA) is 31.4 Å². The Morgan fingerprint density at radius 3 is 2.78 bits per heavy atom. The summed E-state index contributed by atoms with van der Waals surface area (Å²) >= 11 is 7.40. The second-order valence-electron chi connectivity index (χ2n) is 3.79. The molecule has 0 radical (unpaired) electrons. The van der Waals surface area contributed by atoms with Crippen LogP contribution in [0.15, 0.2) is 23.6 Å². The van der Waals surface area contributed by atoms with Crippen molar-refractivity contribution in [3.8, 4) is 11.5 Å². The van der Waals surface area contributed by atoms with E-state index in [0.29, 0.717) is 24.0 Å². The first kappa shape index (κ1) is 13.2. The molecule has 96 valence electrons. The summed E-state index contributed by atoms with van der Waals surface area (Å²) in [5.74, 6) is 1.86. The number of nitrogens with zero attached hydrogens (tertiary/aromatic N) is 1. The van der Waals surface area contributed by atoms with E-state index in [0.717, 1.165) is 16.3 Å². The number of hydrogen-bond acceptors (Lipinski definition) is 4. The number of ether oxygens (including phenoxy) is 2. The molecule has 1 heterocycles. The Labute approximate surface area is 115 Å². The fourth-order valence-electron chi connectivity index (χ4n) is 1.53. The van der Waals surface area contributed by atoms with Crippen LogP contribution in [0.2, 0.25) is 0 Å². The van der Waals surface area contributed by atoms with Crippen LogP contribution in [0.3, 0.4) is 0 Å². The molecule has 1 aromatic carbocycles. The van der Waals surface area contributed by atoms with Crippen molar-refractivity contribution in [2.75, 3.05) is 7.11 Å². The fraction of sp³-hybridized carbons (Fsp3) is 0.308. The average molecular weight is 284 g/mol. The number of hydrogen-bond donors (Lipinski definition) is 0. The second-order valence-corrected chi connectivity index (χ2v) is 5.00. The highest BCUT2D eigenvalue weighted by Crippen LogP contribution is 2.29. The molecule has 0 atom stereocenters. The van der Waals surface area contributed by atoms with Gasteiger partial charge in [-0.15, -0.1) is 22.9 Å². The summed E-state index contributed by atoms with van der Waals surface area (Å²) in [4.78, 5) is 4.35. The predicted octanol–water partition coefficient (Wildman–Crippen LogP) is 3.78. The van der Waals surface area contributed by atoms with Gasteiger partial charge in [-0.2, -0.15) is 0 Å². The van der Waals surface area contributed by atoms with Gasteiger partial charge in [-0.05, 0) is 24.6 Å². The molecule has 2 aromatic rings. The van der Waals surface area contributed by atoms with E-state index in [1.165, 1.54) is 0 Å². The van der Waals surface area contributed by atoms with E-state index in [9.17, 15) is 0 Å². The van der Waals surface area contributed by atoms with Crippen LogP contribution in [-0.2, 0) is 12.5 Å². The van der Waals surface area contributed by atoms with E-state index in [-0.39, 0.29) is 0 Å². The van der Waals surface area contributed by atoms with Gasteiger partial charge in [0.1, 0.15) is 11.6 Å². The van der Waals surface area contributed by atoms with Gasteiger partial charge < -0.3 is 9.47 Å². The minimum atomic E-state index is 0.445. The van der Waals surface area contributed by atoms with Crippen LogP contribution in [0, 0.1) is 6.92 Å². The van der Waals surface area contributed by atoms with Gasteiger partial charge in [0, 0.05) is 17.0 Å². The van der Waals surface area contributed by atoms with Gasteiger partial charge in [-0.3, -0.25) is 0 Å². The number of alkyl halides is 1. The maximum atomic E-state index is 5.81. The lowest BCUT2D eigenvalue weighted by Gasteiger charge is -2.10. The van der Waals surface area contributed by atoms with E-state index in [4.69, 9.17) is 21.1 Å². The molecule has 0 aliphatic heterocycles. The Hall–Kier alpha value is -1.26. The summed E-state index contributed by atoms with van der Waals surface area (Å²) in [6.07, 6.45) is 0. The summed E-state index contributed by atoms with van der Waals surface area (Å²) in [5, 5.41) is 2.95. The van der Waals surface area contributed by atoms with Crippen LogP contribution in [0.5, 0.6) is 11.5 Å². The minimum Gasteiger partial charge on any atom is -0.493 e. The Kier molecular flexibility index (Phi) is 4.44. The molecule has 0 spiro atoms. The van der Waals surface area contributed by atoms with Crippen molar-refractivity contribution < 1.29 is 9.47 Å².